The third-order valence-corrected chi connectivity index (χ3v) is 1.71. The number of hydrogen-bond acceptors (Lipinski definition) is 4. The van der Waals surface area contributed by atoms with Crippen molar-refractivity contribution in [2.24, 2.45) is 11.7 Å². The lowest BCUT2D eigenvalue weighted by Crippen LogP contribution is -2.40. The van der Waals surface area contributed by atoms with Gasteiger partial charge in [0.2, 0.25) is 5.91 Å². The molecule has 17 heavy (non-hydrogen) atoms. The van der Waals surface area contributed by atoms with E-state index in [1.54, 1.807) is 0 Å². The van der Waals surface area contributed by atoms with Gasteiger partial charge in [-0.15, -0.1) is 0 Å². The van der Waals surface area contributed by atoms with Gasteiger partial charge in [-0.1, -0.05) is 0 Å². The van der Waals surface area contributed by atoms with Crippen molar-refractivity contribution in [1.82, 2.24) is 5.32 Å². The highest BCUT2D eigenvalue weighted by atomic mass is 19.4. The van der Waals surface area contributed by atoms with Crippen molar-refractivity contribution in [3.63, 3.8) is 0 Å². The standard InChI is InChI=1S/C8H13F3N2O4/c9-8(10,11)5(7(15)16)3-13-1-2-17-4-6(12)14/h5,13H,1-4H2,(H2,12,14)(H,15,16). The van der Waals surface area contributed by atoms with E-state index in [1.807, 2.05) is 0 Å². The first-order valence-electron chi connectivity index (χ1n) is 4.61. The fourth-order valence-corrected chi connectivity index (χ4v) is 0.907. The highest BCUT2D eigenvalue weighted by molar-refractivity contribution is 5.74. The molecule has 0 aromatic heterocycles. The number of alkyl halides is 3. The topological polar surface area (TPSA) is 102 Å². The van der Waals surface area contributed by atoms with Crippen molar-refractivity contribution in [3.05, 3.63) is 0 Å². The maximum absolute atomic E-state index is 12.1. The molecule has 0 aromatic carbocycles. The highest BCUT2D eigenvalue weighted by Gasteiger charge is 2.44. The summed E-state index contributed by atoms with van der Waals surface area (Å²) in [4.78, 5) is 20.5. The molecule has 0 saturated heterocycles. The van der Waals surface area contributed by atoms with Crippen molar-refractivity contribution in [2.75, 3.05) is 26.3 Å². The predicted molar refractivity (Wildman–Crippen MR) is 50.1 cm³/mol. The quantitative estimate of drug-likeness (QED) is 0.502. The van der Waals surface area contributed by atoms with Crippen LogP contribution in [0.1, 0.15) is 0 Å². The zero-order chi connectivity index (χ0) is 13.5. The number of amides is 1. The van der Waals surface area contributed by atoms with Crippen LogP contribution in [0.2, 0.25) is 0 Å². The SMILES string of the molecule is NC(=O)COCCNCC(C(=O)O)C(F)(F)F. The maximum atomic E-state index is 12.1. The zero-order valence-electron chi connectivity index (χ0n) is 8.79. The summed E-state index contributed by atoms with van der Waals surface area (Å²) in [6, 6.07) is 0. The van der Waals surface area contributed by atoms with Crippen LogP contribution < -0.4 is 11.1 Å². The van der Waals surface area contributed by atoms with Crippen LogP contribution >= 0.6 is 0 Å². The van der Waals surface area contributed by atoms with Crippen LogP contribution in [0.5, 0.6) is 0 Å². The van der Waals surface area contributed by atoms with Gasteiger partial charge in [0.15, 0.2) is 5.92 Å². The first kappa shape index (κ1) is 15.7. The van der Waals surface area contributed by atoms with Gasteiger partial charge in [-0.25, -0.2) is 0 Å². The molecule has 1 amide bonds. The Kier molecular flexibility index (Phi) is 6.51. The molecule has 6 nitrogen and oxygen atoms in total. The number of carbonyl (C=O) groups excluding carboxylic acids is 1. The molecule has 0 rings (SSSR count). The summed E-state index contributed by atoms with van der Waals surface area (Å²) in [5.41, 5.74) is 4.74. The van der Waals surface area contributed by atoms with Gasteiger partial charge in [0.1, 0.15) is 6.61 Å². The third kappa shape index (κ3) is 7.53. The minimum atomic E-state index is -4.80. The molecule has 1 unspecified atom stereocenters. The summed E-state index contributed by atoms with van der Waals surface area (Å²) in [5, 5.41) is 10.6. The lowest BCUT2D eigenvalue weighted by Gasteiger charge is -2.16. The van der Waals surface area contributed by atoms with Crippen LogP contribution in [-0.2, 0) is 14.3 Å². The van der Waals surface area contributed by atoms with E-state index in [1.165, 1.54) is 0 Å². The molecule has 0 spiro atoms. The monoisotopic (exact) mass is 258 g/mol. The van der Waals surface area contributed by atoms with Crippen LogP contribution in [0.25, 0.3) is 0 Å². The van der Waals surface area contributed by atoms with E-state index in [2.05, 4.69) is 10.1 Å². The summed E-state index contributed by atoms with van der Waals surface area (Å²) < 4.78 is 41.1. The molecular formula is C8H13F3N2O4. The fraction of sp³-hybridized carbons (Fsp3) is 0.750. The van der Waals surface area contributed by atoms with Crippen molar-refractivity contribution in [2.45, 2.75) is 6.18 Å². The normalized spacial score (nSPS) is 13.4. The molecule has 100 valence electrons. The van der Waals surface area contributed by atoms with Crippen molar-refractivity contribution < 1.29 is 32.6 Å². The minimum absolute atomic E-state index is 0.00681. The van der Waals surface area contributed by atoms with Gasteiger partial charge in [-0.2, -0.15) is 13.2 Å². The average Bonchev–Trinajstić information content (AvgIpc) is 2.13. The summed E-state index contributed by atoms with van der Waals surface area (Å²) in [6.07, 6.45) is -4.80. The molecule has 0 heterocycles. The number of rotatable bonds is 8. The van der Waals surface area contributed by atoms with Crippen molar-refractivity contribution >= 4 is 11.9 Å². The molecular weight excluding hydrogens is 245 g/mol. The molecule has 4 N–H and O–H groups in total. The Hall–Kier alpha value is -1.35. The van der Waals surface area contributed by atoms with E-state index in [4.69, 9.17) is 10.8 Å². The van der Waals surface area contributed by atoms with Gasteiger partial charge < -0.3 is 20.9 Å². The number of nitrogens with one attached hydrogen (secondary N) is 1. The van der Waals surface area contributed by atoms with Crippen molar-refractivity contribution in [3.8, 4) is 0 Å². The van der Waals surface area contributed by atoms with Crippen LogP contribution in [-0.4, -0.2) is 49.5 Å². The lowest BCUT2D eigenvalue weighted by molar-refractivity contribution is -0.192. The molecule has 0 aliphatic rings. The molecule has 0 saturated carbocycles. The fourth-order valence-electron chi connectivity index (χ4n) is 0.907. The lowest BCUT2D eigenvalue weighted by atomic mass is 10.1. The van der Waals surface area contributed by atoms with E-state index >= 15 is 0 Å². The van der Waals surface area contributed by atoms with Crippen LogP contribution in [0.4, 0.5) is 13.2 Å². The third-order valence-electron chi connectivity index (χ3n) is 1.71. The number of primary amides is 1. The largest absolute Gasteiger partial charge is 0.481 e. The van der Waals surface area contributed by atoms with E-state index in [-0.39, 0.29) is 19.8 Å². The Morgan fingerprint density at radius 3 is 2.41 bits per heavy atom. The summed E-state index contributed by atoms with van der Waals surface area (Å²) in [5.74, 6) is -5.09. The Balaban J connectivity index is 3.78. The second-order valence-corrected chi connectivity index (χ2v) is 3.16. The van der Waals surface area contributed by atoms with E-state index in [0.717, 1.165) is 0 Å². The number of carboxylic acids is 1. The maximum Gasteiger partial charge on any atom is 0.403 e. The number of aliphatic carboxylic acids is 1. The Labute approximate surface area is 94.9 Å². The number of hydrogen-bond donors (Lipinski definition) is 3. The molecule has 1 atom stereocenters. The minimum Gasteiger partial charge on any atom is -0.481 e. The summed E-state index contributed by atoms with van der Waals surface area (Å²) in [6.45, 7) is -1.12. The predicted octanol–water partition coefficient (Wildman–Crippen LogP) is -0.659. The van der Waals surface area contributed by atoms with E-state index in [0.29, 0.717) is 0 Å². The Bertz CT molecular complexity index is 270. The van der Waals surface area contributed by atoms with E-state index < -0.39 is 30.5 Å². The number of halogens is 3. The van der Waals surface area contributed by atoms with Crippen molar-refractivity contribution in [1.29, 1.82) is 0 Å². The number of carboxylic acid groups (broad SMARTS) is 1. The second-order valence-electron chi connectivity index (χ2n) is 3.16. The molecule has 9 heteroatoms. The van der Waals surface area contributed by atoms with Gasteiger partial charge in [-0.05, 0) is 0 Å². The Morgan fingerprint density at radius 1 is 1.41 bits per heavy atom. The summed E-state index contributed by atoms with van der Waals surface area (Å²) >= 11 is 0. The Morgan fingerprint density at radius 2 is 2.00 bits per heavy atom. The highest BCUT2D eigenvalue weighted by Crippen LogP contribution is 2.25. The number of nitrogens with two attached hydrogens (primary N) is 1. The second kappa shape index (κ2) is 7.07. The molecule has 0 radical (unpaired) electrons. The van der Waals surface area contributed by atoms with Crippen LogP contribution in [0.3, 0.4) is 0 Å². The molecule has 0 bridgehead atoms. The number of carbonyl (C=O) groups is 2. The van der Waals surface area contributed by atoms with Gasteiger partial charge in [-0.3, -0.25) is 9.59 Å². The zero-order valence-corrected chi connectivity index (χ0v) is 8.79. The van der Waals surface area contributed by atoms with Gasteiger partial charge in [0, 0.05) is 13.1 Å². The van der Waals surface area contributed by atoms with Gasteiger partial charge in [0.05, 0.1) is 6.61 Å². The van der Waals surface area contributed by atoms with Crippen LogP contribution in [0.15, 0.2) is 0 Å². The molecule has 0 fully saturated rings. The van der Waals surface area contributed by atoms with Gasteiger partial charge >= 0.3 is 12.1 Å². The summed E-state index contributed by atoms with van der Waals surface area (Å²) in [7, 11) is 0. The smallest absolute Gasteiger partial charge is 0.403 e. The number of ether oxygens (including phenoxy) is 1. The van der Waals surface area contributed by atoms with Crippen LogP contribution in [0, 0.1) is 5.92 Å². The molecule has 0 aliphatic heterocycles. The first-order valence-corrected chi connectivity index (χ1v) is 4.61. The first-order chi connectivity index (χ1) is 7.75. The molecule has 0 aromatic rings. The van der Waals surface area contributed by atoms with Gasteiger partial charge in [0.25, 0.3) is 0 Å². The van der Waals surface area contributed by atoms with E-state index in [9.17, 15) is 22.8 Å². The average molecular weight is 258 g/mol. The molecule has 0 aliphatic carbocycles.